The van der Waals surface area contributed by atoms with Gasteiger partial charge in [-0.05, 0) is 18.4 Å². The number of ketones is 1. The molecule has 0 aliphatic carbocycles. The van der Waals surface area contributed by atoms with Crippen LogP contribution in [0.5, 0.6) is 0 Å². The minimum absolute atomic E-state index is 0.0634. The van der Waals surface area contributed by atoms with Gasteiger partial charge in [0.25, 0.3) is 0 Å². The number of ether oxygens (including phenoxy) is 2. The molecule has 86 valence electrons. The second-order valence-corrected chi connectivity index (χ2v) is 3.92. The van der Waals surface area contributed by atoms with Crippen LogP contribution in [-0.4, -0.2) is 18.7 Å². The molecule has 0 radical (unpaired) electrons. The molecule has 1 aromatic carbocycles. The summed E-state index contributed by atoms with van der Waals surface area (Å²) in [7, 11) is 0. The van der Waals surface area contributed by atoms with Crippen LogP contribution in [0.25, 0.3) is 0 Å². The van der Waals surface area contributed by atoms with Gasteiger partial charge in [0, 0.05) is 6.42 Å². The van der Waals surface area contributed by atoms with Crippen LogP contribution in [0.4, 0.5) is 0 Å². The first kappa shape index (κ1) is 11.3. The normalized spacial score (nSPS) is 21.8. The molecule has 0 saturated carbocycles. The number of hydrogen-bond acceptors (Lipinski definition) is 3. The second kappa shape index (κ2) is 5.77. The minimum Gasteiger partial charge on any atom is -0.346 e. The zero-order chi connectivity index (χ0) is 11.2. The third-order valence-corrected chi connectivity index (χ3v) is 2.59. The molecule has 1 fully saturated rings. The highest BCUT2D eigenvalue weighted by molar-refractivity contribution is 5.81. The van der Waals surface area contributed by atoms with Crippen LogP contribution in [0, 0.1) is 0 Å². The molecule has 0 bridgehead atoms. The predicted molar refractivity (Wildman–Crippen MR) is 59.8 cm³/mol. The Labute approximate surface area is 95.4 Å². The average Bonchev–Trinajstić information content (AvgIpc) is 2.53. The molecule has 0 spiro atoms. The van der Waals surface area contributed by atoms with Gasteiger partial charge in [-0.3, -0.25) is 4.79 Å². The maximum Gasteiger partial charge on any atom is 0.218 e. The molecule has 1 unspecified atom stereocenters. The van der Waals surface area contributed by atoms with Gasteiger partial charge in [-0.2, -0.15) is 0 Å². The zero-order valence-electron chi connectivity index (χ0n) is 9.22. The highest BCUT2D eigenvalue weighted by Gasteiger charge is 2.21. The Balaban J connectivity index is 1.86. The summed E-state index contributed by atoms with van der Waals surface area (Å²) in [6, 6.07) is 9.81. The molecule has 16 heavy (non-hydrogen) atoms. The second-order valence-electron chi connectivity index (χ2n) is 3.92. The van der Waals surface area contributed by atoms with Crippen molar-refractivity contribution >= 4 is 5.78 Å². The van der Waals surface area contributed by atoms with E-state index in [1.165, 1.54) is 0 Å². The zero-order valence-corrected chi connectivity index (χ0v) is 9.22. The molecule has 1 atom stereocenters. The molecule has 0 amide bonds. The number of Topliss-reactive ketones (excluding diaryl/α,β-unsaturated/α-hetero) is 1. The molecular weight excluding hydrogens is 204 g/mol. The Hall–Kier alpha value is -1.19. The van der Waals surface area contributed by atoms with E-state index in [9.17, 15) is 4.79 Å². The summed E-state index contributed by atoms with van der Waals surface area (Å²) in [5.74, 6) is 0.0634. The third-order valence-electron chi connectivity index (χ3n) is 2.59. The van der Waals surface area contributed by atoms with E-state index < -0.39 is 6.29 Å². The summed E-state index contributed by atoms with van der Waals surface area (Å²) >= 11 is 0. The predicted octanol–water partition coefficient (Wildman–Crippen LogP) is 2.30. The summed E-state index contributed by atoms with van der Waals surface area (Å²) < 4.78 is 10.9. The first-order valence-corrected chi connectivity index (χ1v) is 5.66. The maximum atomic E-state index is 11.6. The monoisotopic (exact) mass is 220 g/mol. The third kappa shape index (κ3) is 3.15. The quantitative estimate of drug-likeness (QED) is 0.784. The average molecular weight is 220 g/mol. The van der Waals surface area contributed by atoms with Crippen molar-refractivity contribution in [3.63, 3.8) is 0 Å². The number of rotatable bonds is 3. The lowest BCUT2D eigenvalue weighted by Crippen LogP contribution is -2.25. The molecule has 1 aliphatic rings. The van der Waals surface area contributed by atoms with E-state index in [0.29, 0.717) is 19.6 Å². The standard InChI is InChI=1S/C13H16O3/c14-12-8-4-5-9-15-13(12)16-10-11-6-2-1-3-7-11/h1-3,6-7,13H,4-5,8-10H2. The Morgan fingerprint density at radius 2 is 2.06 bits per heavy atom. The lowest BCUT2D eigenvalue weighted by Gasteiger charge is -2.14. The summed E-state index contributed by atoms with van der Waals surface area (Å²) in [6.07, 6.45) is 1.75. The van der Waals surface area contributed by atoms with E-state index in [2.05, 4.69) is 0 Å². The molecule has 0 aromatic heterocycles. The Morgan fingerprint density at radius 1 is 1.25 bits per heavy atom. The molecular formula is C13H16O3. The SMILES string of the molecule is O=C1CCCCOC1OCc1ccccc1. The van der Waals surface area contributed by atoms with Crippen molar-refractivity contribution < 1.29 is 14.3 Å². The van der Waals surface area contributed by atoms with Crippen molar-refractivity contribution in [2.24, 2.45) is 0 Å². The summed E-state index contributed by atoms with van der Waals surface area (Å²) in [4.78, 5) is 11.6. The number of carbonyl (C=O) groups excluding carboxylic acids is 1. The van der Waals surface area contributed by atoms with E-state index in [1.54, 1.807) is 0 Å². The van der Waals surface area contributed by atoms with Gasteiger partial charge in [0.2, 0.25) is 6.29 Å². The highest BCUT2D eigenvalue weighted by atomic mass is 16.7. The number of carbonyl (C=O) groups is 1. The smallest absolute Gasteiger partial charge is 0.218 e. The van der Waals surface area contributed by atoms with Crippen LogP contribution in [0.2, 0.25) is 0 Å². The van der Waals surface area contributed by atoms with Crippen molar-refractivity contribution in [2.75, 3.05) is 6.61 Å². The van der Waals surface area contributed by atoms with Crippen molar-refractivity contribution in [1.82, 2.24) is 0 Å². The largest absolute Gasteiger partial charge is 0.346 e. The molecule has 1 aromatic rings. The van der Waals surface area contributed by atoms with Gasteiger partial charge in [-0.15, -0.1) is 0 Å². The van der Waals surface area contributed by atoms with Crippen LogP contribution in [0.1, 0.15) is 24.8 Å². The molecule has 2 rings (SSSR count). The van der Waals surface area contributed by atoms with Crippen molar-refractivity contribution in [1.29, 1.82) is 0 Å². The van der Waals surface area contributed by atoms with Crippen molar-refractivity contribution in [2.45, 2.75) is 32.2 Å². The van der Waals surface area contributed by atoms with Gasteiger partial charge >= 0.3 is 0 Å². The highest BCUT2D eigenvalue weighted by Crippen LogP contribution is 2.13. The van der Waals surface area contributed by atoms with Gasteiger partial charge < -0.3 is 9.47 Å². The van der Waals surface area contributed by atoms with E-state index in [4.69, 9.17) is 9.47 Å². The molecule has 1 saturated heterocycles. The molecule has 1 heterocycles. The Bertz CT molecular complexity index is 334. The van der Waals surface area contributed by atoms with Crippen LogP contribution in [0.15, 0.2) is 30.3 Å². The van der Waals surface area contributed by atoms with Crippen LogP contribution < -0.4 is 0 Å². The molecule has 0 N–H and O–H groups in total. The van der Waals surface area contributed by atoms with Crippen LogP contribution in [0.3, 0.4) is 0 Å². The summed E-state index contributed by atoms with van der Waals surface area (Å²) in [5, 5.41) is 0. The van der Waals surface area contributed by atoms with Crippen molar-refractivity contribution in [3.8, 4) is 0 Å². The minimum atomic E-state index is -0.664. The van der Waals surface area contributed by atoms with Crippen LogP contribution in [-0.2, 0) is 20.9 Å². The van der Waals surface area contributed by atoms with Gasteiger partial charge in [0.05, 0.1) is 13.2 Å². The van der Waals surface area contributed by atoms with Gasteiger partial charge in [-0.25, -0.2) is 0 Å². The lowest BCUT2D eigenvalue weighted by atomic mass is 10.2. The first-order valence-electron chi connectivity index (χ1n) is 5.66. The lowest BCUT2D eigenvalue weighted by molar-refractivity contribution is -0.170. The number of hydrogen-bond donors (Lipinski definition) is 0. The van der Waals surface area contributed by atoms with E-state index in [0.717, 1.165) is 18.4 Å². The van der Waals surface area contributed by atoms with Crippen LogP contribution >= 0.6 is 0 Å². The van der Waals surface area contributed by atoms with Gasteiger partial charge in [-0.1, -0.05) is 30.3 Å². The van der Waals surface area contributed by atoms with E-state index in [1.807, 2.05) is 30.3 Å². The molecule has 3 heteroatoms. The van der Waals surface area contributed by atoms with Crippen molar-refractivity contribution in [3.05, 3.63) is 35.9 Å². The summed E-state index contributed by atoms with van der Waals surface area (Å²) in [6.45, 7) is 1.04. The number of benzene rings is 1. The first-order chi connectivity index (χ1) is 7.86. The fourth-order valence-corrected chi connectivity index (χ4v) is 1.69. The Kier molecular flexibility index (Phi) is 4.08. The van der Waals surface area contributed by atoms with Gasteiger partial charge in [0.15, 0.2) is 5.78 Å². The Morgan fingerprint density at radius 3 is 2.88 bits per heavy atom. The van der Waals surface area contributed by atoms with E-state index >= 15 is 0 Å². The summed E-state index contributed by atoms with van der Waals surface area (Å²) in [5.41, 5.74) is 1.06. The molecule has 1 aliphatic heterocycles. The topological polar surface area (TPSA) is 35.5 Å². The molecule has 3 nitrogen and oxygen atoms in total. The maximum absolute atomic E-state index is 11.6. The van der Waals surface area contributed by atoms with E-state index in [-0.39, 0.29) is 5.78 Å². The van der Waals surface area contributed by atoms with Gasteiger partial charge in [0.1, 0.15) is 0 Å². The fraction of sp³-hybridized carbons (Fsp3) is 0.462. The fourth-order valence-electron chi connectivity index (χ4n) is 1.69.